The summed E-state index contributed by atoms with van der Waals surface area (Å²) in [6.45, 7) is 3.82. The highest BCUT2D eigenvalue weighted by atomic mass is 15.2. The van der Waals surface area contributed by atoms with Crippen LogP contribution in [0.25, 0.3) is 0 Å². The molecule has 4 nitrogen and oxygen atoms in total. The van der Waals surface area contributed by atoms with Crippen molar-refractivity contribution in [3.05, 3.63) is 11.9 Å². The third kappa shape index (κ3) is 1.18. The van der Waals surface area contributed by atoms with Crippen LogP contribution in [0.2, 0.25) is 0 Å². The number of hydrogen-bond donors (Lipinski definition) is 2. The lowest BCUT2D eigenvalue weighted by Crippen LogP contribution is -2.38. The Morgan fingerprint density at radius 2 is 2.67 bits per heavy atom. The molecule has 2 rings (SSSR count). The van der Waals surface area contributed by atoms with Crippen LogP contribution in [0.15, 0.2) is 6.20 Å². The van der Waals surface area contributed by atoms with Gasteiger partial charge in [0.15, 0.2) is 0 Å². The van der Waals surface area contributed by atoms with Crippen molar-refractivity contribution in [2.24, 2.45) is 5.73 Å². The van der Waals surface area contributed by atoms with E-state index in [-0.39, 0.29) is 6.04 Å². The second-order valence-corrected chi connectivity index (χ2v) is 3.20. The first kappa shape index (κ1) is 7.61. The molecule has 0 radical (unpaired) electrons. The predicted molar refractivity (Wildman–Crippen MR) is 48.1 cm³/mol. The summed E-state index contributed by atoms with van der Waals surface area (Å²) in [5, 5.41) is 3.19. The van der Waals surface area contributed by atoms with Gasteiger partial charge in [-0.15, -0.1) is 0 Å². The zero-order valence-electron chi connectivity index (χ0n) is 7.25. The number of nitrogens with zero attached hydrogens (tertiary/aromatic N) is 2. The molecule has 2 heterocycles. The van der Waals surface area contributed by atoms with Crippen LogP contribution in [-0.2, 0) is 13.0 Å². The molecule has 0 fully saturated rings. The predicted octanol–water partition coefficient (Wildman–Crippen LogP) is 0.198. The van der Waals surface area contributed by atoms with E-state index in [1.807, 2.05) is 0 Å². The Kier molecular flexibility index (Phi) is 1.77. The number of rotatable bonds is 1. The fraction of sp³-hybridized carbons (Fsp3) is 0.625. The summed E-state index contributed by atoms with van der Waals surface area (Å²) in [7, 11) is 0. The summed E-state index contributed by atoms with van der Waals surface area (Å²) in [6, 6.07) is 0.219. The number of aromatic nitrogens is 2. The van der Waals surface area contributed by atoms with E-state index >= 15 is 0 Å². The monoisotopic (exact) mass is 166 g/mol. The first-order valence-corrected chi connectivity index (χ1v) is 4.35. The first-order chi connectivity index (χ1) is 5.79. The van der Waals surface area contributed by atoms with Crippen LogP contribution in [0.5, 0.6) is 0 Å². The summed E-state index contributed by atoms with van der Waals surface area (Å²) >= 11 is 0. The maximum absolute atomic E-state index is 5.79. The van der Waals surface area contributed by atoms with Crippen molar-refractivity contribution >= 4 is 5.95 Å². The van der Waals surface area contributed by atoms with Gasteiger partial charge in [-0.1, -0.05) is 6.92 Å². The molecule has 1 aliphatic rings. The molecular weight excluding hydrogens is 152 g/mol. The molecule has 1 aromatic rings. The lowest BCUT2D eigenvalue weighted by atomic mass is 10.3. The van der Waals surface area contributed by atoms with Gasteiger partial charge >= 0.3 is 0 Å². The fourth-order valence-electron chi connectivity index (χ4n) is 1.46. The van der Waals surface area contributed by atoms with E-state index in [1.165, 1.54) is 0 Å². The van der Waals surface area contributed by atoms with Crippen molar-refractivity contribution in [1.29, 1.82) is 0 Å². The van der Waals surface area contributed by atoms with Crippen molar-refractivity contribution in [3.63, 3.8) is 0 Å². The molecule has 66 valence electrons. The Morgan fingerprint density at radius 3 is 3.42 bits per heavy atom. The number of aryl methyl sites for hydroxylation is 1. The topological polar surface area (TPSA) is 55.9 Å². The van der Waals surface area contributed by atoms with Gasteiger partial charge in [-0.2, -0.15) is 0 Å². The number of anilines is 1. The van der Waals surface area contributed by atoms with Crippen molar-refractivity contribution in [2.75, 3.05) is 11.9 Å². The number of imidazole rings is 1. The summed E-state index contributed by atoms with van der Waals surface area (Å²) in [6.07, 6.45) is 3.05. The smallest absolute Gasteiger partial charge is 0.203 e. The van der Waals surface area contributed by atoms with Gasteiger partial charge in [-0.3, -0.25) is 0 Å². The summed E-state index contributed by atoms with van der Waals surface area (Å²) in [5.74, 6) is 0.966. The maximum Gasteiger partial charge on any atom is 0.203 e. The van der Waals surface area contributed by atoms with E-state index in [0.717, 1.165) is 31.2 Å². The summed E-state index contributed by atoms with van der Waals surface area (Å²) in [4.78, 5) is 4.40. The normalized spacial score (nSPS) is 21.7. The molecule has 0 bridgehead atoms. The first-order valence-electron chi connectivity index (χ1n) is 4.35. The minimum absolute atomic E-state index is 0.219. The van der Waals surface area contributed by atoms with Crippen LogP contribution in [0, 0.1) is 0 Å². The highest BCUT2D eigenvalue weighted by Gasteiger charge is 2.15. The average Bonchev–Trinajstić information content (AvgIpc) is 2.46. The fourth-order valence-corrected chi connectivity index (χ4v) is 1.46. The quantitative estimate of drug-likeness (QED) is 0.626. The van der Waals surface area contributed by atoms with Gasteiger partial charge in [0.2, 0.25) is 5.95 Å². The summed E-state index contributed by atoms with van der Waals surface area (Å²) < 4.78 is 2.09. The molecule has 0 amide bonds. The Balaban J connectivity index is 2.28. The maximum atomic E-state index is 5.79. The van der Waals surface area contributed by atoms with E-state index < -0.39 is 0 Å². The van der Waals surface area contributed by atoms with Crippen molar-refractivity contribution in [3.8, 4) is 0 Å². The number of nitrogens with two attached hydrogens (primary N) is 1. The van der Waals surface area contributed by atoms with Crippen LogP contribution < -0.4 is 11.1 Å². The van der Waals surface area contributed by atoms with Gasteiger partial charge in [0.1, 0.15) is 0 Å². The van der Waals surface area contributed by atoms with Gasteiger partial charge < -0.3 is 15.6 Å². The van der Waals surface area contributed by atoms with E-state index in [0.29, 0.717) is 0 Å². The highest BCUT2D eigenvalue weighted by molar-refractivity contribution is 5.31. The average molecular weight is 166 g/mol. The van der Waals surface area contributed by atoms with E-state index in [9.17, 15) is 0 Å². The minimum Gasteiger partial charge on any atom is -0.354 e. The highest BCUT2D eigenvalue weighted by Crippen LogP contribution is 2.13. The lowest BCUT2D eigenvalue weighted by molar-refractivity contribution is 0.542. The molecule has 1 atom stereocenters. The van der Waals surface area contributed by atoms with Gasteiger partial charge in [0.25, 0.3) is 0 Å². The minimum atomic E-state index is 0.219. The number of nitrogens with one attached hydrogen (secondary N) is 1. The van der Waals surface area contributed by atoms with Crippen LogP contribution in [-0.4, -0.2) is 22.1 Å². The third-order valence-corrected chi connectivity index (χ3v) is 2.14. The Morgan fingerprint density at radius 1 is 1.83 bits per heavy atom. The number of hydrogen-bond acceptors (Lipinski definition) is 3. The van der Waals surface area contributed by atoms with E-state index in [1.54, 1.807) is 0 Å². The van der Waals surface area contributed by atoms with Crippen molar-refractivity contribution < 1.29 is 0 Å². The SMILES string of the molecule is CCc1cn2c(n1)NCC(N)C2. The van der Waals surface area contributed by atoms with Crippen molar-refractivity contribution in [1.82, 2.24) is 9.55 Å². The Labute approximate surface area is 71.8 Å². The Bertz CT molecular complexity index is 279. The van der Waals surface area contributed by atoms with E-state index in [2.05, 4.69) is 28.0 Å². The van der Waals surface area contributed by atoms with Crippen LogP contribution in [0.3, 0.4) is 0 Å². The second kappa shape index (κ2) is 2.79. The zero-order valence-corrected chi connectivity index (χ0v) is 7.25. The zero-order chi connectivity index (χ0) is 8.55. The van der Waals surface area contributed by atoms with Gasteiger partial charge in [0, 0.05) is 25.3 Å². The van der Waals surface area contributed by atoms with E-state index in [4.69, 9.17) is 5.73 Å². The molecule has 0 aliphatic carbocycles. The third-order valence-electron chi connectivity index (χ3n) is 2.14. The van der Waals surface area contributed by atoms with Crippen LogP contribution in [0.4, 0.5) is 5.95 Å². The standard InChI is InChI=1S/C8H14N4/c1-2-7-5-12-4-6(9)3-10-8(12)11-7/h5-6H,2-4,9H2,1H3,(H,10,11). The van der Waals surface area contributed by atoms with Crippen molar-refractivity contribution in [2.45, 2.75) is 25.9 Å². The largest absolute Gasteiger partial charge is 0.354 e. The number of fused-ring (bicyclic) bond motifs is 1. The van der Waals surface area contributed by atoms with Gasteiger partial charge in [-0.05, 0) is 6.42 Å². The molecule has 0 aromatic carbocycles. The molecule has 1 aromatic heterocycles. The summed E-state index contributed by atoms with van der Waals surface area (Å²) in [5.41, 5.74) is 6.92. The molecule has 1 aliphatic heterocycles. The van der Waals surface area contributed by atoms with Crippen LogP contribution >= 0.6 is 0 Å². The molecule has 0 saturated carbocycles. The molecule has 4 heteroatoms. The molecular formula is C8H14N4. The van der Waals surface area contributed by atoms with Gasteiger partial charge in [0.05, 0.1) is 5.69 Å². The molecule has 3 N–H and O–H groups in total. The lowest BCUT2D eigenvalue weighted by Gasteiger charge is -2.21. The molecule has 1 unspecified atom stereocenters. The van der Waals surface area contributed by atoms with Gasteiger partial charge in [-0.25, -0.2) is 4.98 Å². The molecule has 0 spiro atoms. The molecule has 0 saturated heterocycles. The molecule has 12 heavy (non-hydrogen) atoms. The van der Waals surface area contributed by atoms with Crippen LogP contribution in [0.1, 0.15) is 12.6 Å². The second-order valence-electron chi connectivity index (χ2n) is 3.20. The Hall–Kier alpha value is -1.03.